The molecule has 0 aliphatic carbocycles. The van der Waals surface area contributed by atoms with E-state index in [1.807, 2.05) is 4.90 Å². The fourth-order valence-corrected chi connectivity index (χ4v) is 2.94. The van der Waals surface area contributed by atoms with E-state index in [0.29, 0.717) is 11.8 Å². The molecule has 2 saturated heterocycles. The predicted molar refractivity (Wildman–Crippen MR) is 72.4 cm³/mol. The first-order valence-electron chi connectivity index (χ1n) is 6.35. The molecule has 2 aliphatic rings. The van der Waals surface area contributed by atoms with Gasteiger partial charge < -0.3 is 10.2 Å². The lowest BCUT2D eigenvalue weighted by molar-refractivity contribution is -0.132. The van der Waals surface area contributed by atoms with Crippen molar-refractivity contribution in [3.63, 3.8) is 0 Å². The Kier molecular flexibility index (Phi) is 5.47. The summed E-state index contributed by atoms with van der Waals surface area (Å²) in [5, 5.41) is 3.42. The zero-order chi connectivity index (χ0) is 11.4. The topological polar surface area (TPSA) is 32.3 Å². The number of piperidine rings is 2. The normalized spacial score (nSPS) is 22.9. The molecule has 0 unspecified atom stereocenters. The summed E-state index contributed by atoms with van der Waals surface area (Å²) in [6.45, 7) is 7.83. The highest BCUT2D eigenvalue weighted by Gasteiger charge is 2.36. The van der Waals surface area contributed by atoms with Crippen LogP contribution in [-0.2, 0) is 4.79 Å². The van der Waals surface area contributed by atoms with Gasteiger partial charge in [-0.25, -0.2) is 0 Å². The van der Waals surface area contributed by atoms with Gasteiger partial charge in [-0.05, 0) is 44.2 Å². The summed E-state index contributed by atoms with van der Waals surface area (Å²) in [5.74, 6) is 0.249. The second-order valence-electron chi connectivity index (χ2n) is 5.12. The monoisotopic (exact) mass is 258 g/mol. The average Bonchev–Trinajstić information content (AvgIpc) is 2.31. The number of halogens is 1. The fourth-order valence-electron chi connectivity index (χ4n) is 2.94. The molecule has 2 aliphatic heterocycles. The van der Waals surface area contributed by atoms with Crippen LogP contribution < -0.4 is 5.32 Å². The number of hydrogen-bond donors (Lipinski definition) is 1. The first-order valence-corrected chi connectivity index (χ1v) is 6.35. The quantitative estimate of drug-likeness (QED) is 0.769. The number of nitrogens with one attached hydrogen (secondary N) is 1. The van der Waals surface area contributed by atoms with Crippen LogP contribution in [0.15, 0.2) is 12.7 Å². The van der Waals surface area contributed by atoms with Gasteiger partial charge in [-0.3, -0.25) is 4.79 Å². The summed E-state index contributed by atoms with van der Waals surface area (Å²) in [6, 6.07) is 0. The number of carbonyl (C=O) groups is 1. The molecule has 0 saturated carbocycles. The van der Waals surface area contributed by atoms with Crippen molar-refractivity contribution in [1.29, 1.82) is 0 Å². The van der Waals surface area contributed by atoms with Crippen LogP contribution in [0.4, 0.5) is 0 Å². The highest BCUT2D eigenvalue weighted by molar-refractivity contribution is 5.85. The zero-order valence-corrected chi connectivity index (χ0v) is 11.2. The van der Waals surface area contributed by atoms with Gasteiger partial charge in [0, 0.05) is 19.5 Å². The lowest BCUT2D eigenvalue weighted by atomic mass is 9.71. The van der Waals surface area contributed by atoms with Gasteiger partial charge >= 0.3 is 0 Å². The number of nitrogens with zero attached hydrogens (tertiary/aromatic N) is 1. The molecule has 4 heteroatoms. The highest BCUT2D eigenvalue weighted by Crippen LogP contribution is 2.39. The highest BCUT2D eigenvalue weighted by atomic mass is 35.5. The molecule has 0 atom stereocenters. The van der Waals surface area contributed by atoms with Crippen molar-refractivity contribution in [2.45, 2.75) is 32.1 Å². The van der Waals surface area contributed by atoms with Gasteiger partial charge in [-0.1, -0.05) is 6.08 Å². The van der Waals surface area contributed by atoms with Crippen molar-refractivity contribution in [2.24, 2.45) is 5.41 Å². The van der Waals surface area contributed by atoms with E-state index in [2.05, 4.69) is 11.9 Å². The lowest BCUT2D eigenvalue weighted by Crippen LogP contribution is -2.47. The molecule has 2 heterocycles. The van der Waals surface area contributed by atoms with E-state index in [1.54, 1.807) is 6.08 Å². The van der Waals surface area contributed by atoms with Crippen molar-refractivity contribution in [1.82, 2.24) is 10.2 Å². The third-order valence-corrected chi connectivity index (χ3v) is 4.16. The molecular weight excluding hydrogens is 236 g/mol. The molecule has 1 spiro atoms. The molecule has 2 rings (SSSR count). The van der Waals surface area contributed by atoms with E-state index in [9.17, 15) is 4.79 Å². The number of rotatable bonds is 2. The molecular formula is C13H23ClN2O. The van der Waals surface area contributed by atoms with E-state index in [4.69, 9.17) is 0 Å². The molecule has 0 aromatic carbocycles. The molecule has 0 aromatic heterocycles. The summed E-state index contributed by atoms with van der Waals surface area (Å²) in [5.41, 5.74) is 0.538. The molecule has 0 radical (unpaired) electrons. The van der Waals surface area contributed by atoms with Crippen molar-refractivity contribution >= 4 is 18.3 Å². The number of amides is 1. The van der Waals surface area contributed by atoms with Crippen molar-refractivity contribution in [3.8, 4) is 0 Å². The maximum atomic E-state index is 11.7. The van der Waals surface area contributed by atoms with E-state index in [-0.39, 0.29) is 18.3 Å². The van der Waals surface area contributed by atoms with Gasteiger partial charge in [0.1, 0.15) is 0 Å². The standard InChI is InChI=1S/C13H22N2O.ClH/c1-2-3-12(16)15-10-6-13(7-11-15)4-8-14-9-5-13;/h2,14H,1,3-11H2;1H. The number of hydrogen-bond acceptors (Lipinski definition) is 2. The molecule has 1 amide bonds. The van der Waals surface area contributed by atoms with Crippen molar-refractivity contribution in [3.05, 3.63) is 12.7 Å². The fraction of sp³-hybridized carbons (Fsp3) is 0.769. The maximum Gasteiger partial charge on any atom is 0.226 e. The first-order chi connectivity index (χ1) is 7.76. The summed E-state index contributed by atoms with van der Waals surface area (Å²) >= 11 is 0. The molecule has 2 fully saturated rings. The Bertz CT molecular complexity index is 265. The van der Waals surface area contributed by atoms with Gasteiger partial charge in [0.2, 0.25) is 5.91 Å². The van der Waals surface area contributed by atoms with Crippen LogP contribution in [0, 0.1) is 5.41 Å². The SMILES string of the molecule is C=CCC(=O)N1CCC2(CCNCC2)CC1.Cl. The van der Waals surface area contributed by atoms with Crippen molar-refractivity contribution in [2.75, 3.05) is 26.2 Å². The molecule has 0 bridgehead atoms. The largest absolute Gasteiger partial charge is 0.342 e. The Morgan fingerprint density at radius 2 is 1.82 bits per heavy atom. The molecule has 1 N–H and O–H groups in total. The summed E-state index contributed by atoms with van der Waals surface area (Å²) in [6.07, 6.45) is 7.16. The summed E-state index contributed by atoms with van der Waals surface area (Å²) in [4.78, 5) is 13.7. The van der Waals surface area contributed by atoms with Crippen LogP contribution in [0.1, 0.15) is 32.1 Å². The minimum atomic E-state index is 0. The van der Waals surface area contributed by atoms with Gasteiger partial charge in [0.15, 0.2) is 0 Å². The molecule has 0 aromatic rings. The van der Waals surface area contributed by atoms with E-state index < -0.39 is 0 Å². The van der Waals surface area contributed by atoms with E-state index in [1.165, 1.54) is 25.7 Å². The van der Waals surface area contributed by atoms with Crippen LogP contribution in [0.5, 0.6) is 0 Å². The van der Waals surface area contributed by atoms with Crippen LogP contribution in [0.25, 0.3) is 0 Å². The number of likely N-dealkylation sites (tertiary alicyclic amines) is 1. The second-order valence-corrected chi connectivity index (χ2v) is 5.12. The molecule has 17 heavy (non-hydrogen) atoms. The van der Waals surface area contributed by atoms with Crippen LogP contribution in [0.3, 0.4) is 0 Å². The van der Waals surface area contributed by atoms with Gasteiger partial charge in [-0.2, -0.15) is 0 Å². The Balaban J connectivity index is 0.00000144. The van der Waals surface area contributed by atoms with E-state index in [0.717, 1.165) is 26.2 Å². The van der Waals surface area contributed by atoms with Crippen LogP contribution >= 0.6 is 12.4 Å². The summed E-state index contributed by atoms with van der Waals surface area (Å²) < 4.78 is 0. The predicted octanol–water partition coefficient (Wildman–Crippen LogP) is 1.98. The van der Waals surface area contributed by atoms with E-state index >= 15 is 0 Å². The minimum Gasteiger partial charge on any atom is -0.342 e. The van der Waals surface area contributed by atoms with Crippen LogP contribution in [-0.4, -0.2) is 37.0 Å². The third-order valence-electron chi connectivity index (χ3n) is 4.16. The maximum absolute atomic E-state index is 11.7. The minimum absolute atomic E-state index is 0. The first kappa shape index (κ1) is 14.5. The van der Waals surface area contributed by atoms with Crippen molar-refractivity contribution < 1.29 is 4.79 Å². The Hall–Kier alpha value is -0.540. The van der Waals surface area contributed by atoms with Gasteiger partial charge in [-0.15, -0.1) is 19.0 Å². The Labute approximate surface area is 110 Å². The molecule has 3 nitrogen and oxygen atoms in total. The smallest absolute Gasteiger partial charge is 0.226 e. The molecule has 98 valence electrons. The van der Waals surface area contributed by atoms with Crippen LogP contribution in [0.2, 0.25) is 0 Å². The summed E-state index contributed by atoms with van der Waals surface area (Å²) in [7, 11) is 0. The Morgan fingerprint density at radius 1 is 1.24 bits per heavy atom. The Morgan fingerprint density at radius 3 is 2.35 bits per heavy atom. The average molecular weight is 259 g/mol. The number of carbonyl (C=O) groups excluding carboxylic acids is 1. The van der Waals surface area contributed by atoms with Gasteiger partial charge in [0.05, 0.1) is 0 Å². The third kappa shape index (κ3) is 3.46. The zero-order valence-electron chi connectivity index (χ0n) is 10.4. The van der Waals surface area contributed by atoms with Gasteiger partial charge in [0.25, 0.3) is 0 Å². The lowest BCUT2D eigenvalue weighted by Gasteiger charge is -2.44. The second kappa shape index (κ2) is 6.41.